The van der Waals surface area contributed by atoms with E-state index in [2.05, 4.69) is 20.8 Å². The van der Waals surface area contributed by atoms with E-state index in [1.807, 2.05) is 23.5 Å². The minimum atomic E-state index is -0.109. The van der Waals surface area contributed by atoms with E-state index >= 15 is 0 Å². The second-order valence-electron chi connectivity index (χ2n) is 4.17. The largest absolute Gasteiger partial charge is 0.392 e. The van der Waals surface area contributed by atoms with Crippen LogP contribution in [0.25, 0.3) is 0 Å². The summed E-state index contributed by atoms with van der Waals surface area (Å²) in [5, 5.41) is 11.3. The maximum Gasteiger partial charge on any atom is 0.0694 e. The molecule has 0 radical (unpaired) electrons. The minimum Gasteiger partial charge on any atom is -0.392 e. The fraction of sp³-hybridized carbons (Fsp3) is 1.00. The summed E-state index contributed by atoms with van der Waals surface area (Å²) in [7, 11) is 0. The van der Waals surface area contributed by atoms with Crippen molar-refractivity contribution < 1.29 is 5.11 Å². The molecule has 0 saturated carbocycles. The molecule has 0 amide bonds. The fourth-order valence-electron chi connectivity index (χ4n) is 1.97. The van der Waals surface area contributed by atoms with Crippen molar-refractivity contribution in [3.05, 3.63) is 0 Å². The van der Waals surface area contributed by atoms with Gasteiger partial charge in [0.15, 0.2) is 0 Å². The van der Waals surface area contributed by atoms with Gasteiger partial charge in [-0.2, -0.15) is 23.5 Å². The standard InChI is InChI=1S/C11H22OS2/c1-4-5-8(2)10(12)11-9(3)13-6-7-14-11/h8-12H,4-7H2,1-3H3. The van der Waals surface area contributed by atoms with Gasteiger partial charge in [0, 0.05) is 22.0 Å². The van der Waals surface area contributed by atoms with Crippen molar-refractivity contribution in [1.82, 2.24) is 0 Å². The summed E-state index contributed by atoms with van der Waals surface area (Å²) in [6.45, 7) is 6.62. The van der Waals surface area contributed by atoms with Gasteiger partial charge < -0.3 is 5.11 Å². The van der Waals surface area contributed by atoms with Gasteiger partial charge in [0.1, 0.15) is 0 Å². The topological polar surface area (TPSA) is 20.2 Å². The van der Waals surface area contributed by atoms with Gasteiger partial charge in [0.25, 0.3) is 0 Å². The quantitative estimate of drug-likeness (QED) is 0.807. The van der Waals surface area contributed by atoms with Crippen molar-refractivity contribution in [3.8, 4) is 0 Å². The molecule has 3 heteroatoms. The smallest absolute Gasteiger partial charge is 0.0694 e. The first-order valence-corrected chi connectivity index (χ1v) is 7.67. The van der Waals surface area contributed by atoms with Crippen LogP contribution < -0.4 is 0 Å². The maximum atomic E-state index is 10.2. The van der Waals surface area contributed by atoms with Crippen LogP contribution in [0.15, 0.2) is 0 Å². The molecule has 4 atom stereocenters. The summed E-state index contributed by atoms with van der Waals surface area (Å²) < 4.78 is 0. The molecule has 0 aliphatic carbocycles. The van der Waals surface area contributed by atoms with E-state index in [1.165, 1.54) is 17.9 Å². The van der Waals surface area contributed by atoms with Gasteiger partial charge in [-0.05, 0) is 12.3 Å². The van der Waals surface area contributed by atoms with Gasteiger partial charge in [-0.1, -0.05) is 27.2 Å². The summed E-state index contributed by atoms with van der Waals surface area (Å²) in [6, 6.07) is 0. The van der Waals surface area contributed by atoms with Gasteiger partial charge in [-0.3, -0.25) is 0 Å². The summed E-state index contributed by atoms with van der Waals surface area (Å²) in [6.07, 6.45) is 2.22. The van der Waals surface area contributed by atoms with Crippen molar-refractivity contribution in [2.75, 3.05) is 11.5 Å². The highest BCUT2D eigenvalue weighted by atomic mass is 32.2. The molecule has 1 saturated heterocycles. The Labute approximate surface area is 96.4 Å². The van der Waals surface area contributed by atoms with Crippen LogP contribution in [-0.4, -0.2) is 33.2 Å². The Kier molecular flexibility index (Phi) is 5.72. The molecule has 1 fully saturated rings. The third kappa shape index (κ3) is 3.35. The molecule has 1 aliphatic rings. The van der Waals surface area contributed by atoms with Crippen LogP contribution in [0.4, 0.5) is 0 Å². The SMILES string of the molecule is CCCC(C)C(O)C1SCCSC1C. The lowest BCUT2D eigenvalue weighted by Gasteiger charge is -2.34. The van der Waals surface area contributed by atoms with Gasteiger partial charge in [-0.15, -0.1) is 0 Å². The predicted octanol–water partition coefficient (Wildman–Crippen LogP) is 3.02. The van der Waals surface area contributed by atoms with Gasteiger partial charge >= 0.3 is 0 Å². The monoisotopic (exact) mass is 234 g/mol. The Morgan fingerprint density at radius 1 is 1.36 bits per heavy atom. The zero-order valence-corrected chi connectivity index (χ0v) is 11.0. The highest BCUT2D eigenvalue weighted by Gasteiger charge is 2.31. The predicted molar refractivity (Wildman–Crippen MR) is 68.2 cm³/mol. The number of hydrogen-bond acceptors (Lipinski definition) is 3. The summed E-state index contributed by atoms with van der Waals surface area (Å²) in [5.41, 5.74) is 0. The molecule has 1 aliphatic heterocycles. The molecular formula is C11H22OS2. The Hall–Kier alpha value is 0.660. The van der Waals surface area contributed by atoms with E-state index in [4.69, 9.17) is 0 Å². The molecule has 4 unspecified atom stereocenters. The molecular weight excluding hydrogens is 212 g/mol. The summed E-state index contributed by atoms with van der Waals surface area (Å²) in [4.78, 5) is 0. The summed E-state index contributed by atoms with van der Waals surface area (Å²) in [5.74, 6) is 2.91. The molecule has 84 valence electrons. The normalized spacial score (nSPS) is 32.6. The lowest BCUT2D eigenvalue weighted by atomic mass is 9.95. The molecule has 1 nitrogen and oxygen atoms in total. The molecule has 0 bridgehead atoms. The van der Waals surface area contributed by atoms with Gasteiger partial charge in [0.2, 0.25) is 0 Å². The van der Waals surface area contributed by atoms with Crippen molar-refractivity contribution in [2.24, 2.45) is 5.92 Å². The van der Waals surface area contributed by atoms with E-state index in [0.717, 1.165) is 6.42 Å². The minimum absolute atomic E-state index is 0.109. The first kappa shape index (κ1) is 12.7. The first-order valence-electron chi connectivity index (χ1n) is 5.58. The van der Waals surface area contributed by atoms with E-state index in [9.17, 15) is 5.11 Å². The van der Waals surface area contributed by atoms with Crippen LogP contribution in [0.2, 0.25) is 0 Å². The lowest BCUT2D eigenvalue weighted by Crippen LogP contribution is -2.38. The van der Waals surface area contributed by atoms with Crippen molar-refractivity contribution in [1.29, 1.82) is 0 Å². The third-order valence-electron chi connectivity index (χ3n) is 2.90. The Balaban J connectivity index is 2.44. The number of rotatable bonds is 4. The fourth-order valence-corrected chi connectivity index (χ4v) is 4.95. The van der Waals surface area contributed by atoms with E-state index < -0.39 is 0 Å². The average Bonchev–Trinajstić information content (AvgIpc) is 2.18. The maximum absolute atomic E-state index is 10.2. The molecule has 1 rings (SSSR count). The summed E-state index contributed by atoms with van der Waals surface area (Å²) >= 11 is 3.97. The number of thioether (sulfide) groups is 2. The molecule has 0 aromatic carbocycles. The Morgan fingerprint density at radius 3 is 2.57 bits per heavy atom. The van der Waals surface area contributed by atoms with Crippen molar-refractivity contribution in [3.63, 3.8) is 0 Å². The van der Waals surface area contributed by atoms with E-state index in [-0.39, 0.29) is 6.10 Å². The van der Waals surface area contributed by atoms with Crippen LogP contribution in [0.3, 0.4) is 0 Å². The second-order valence-corrected chi connectivity index (χ2v) is 6.94. The Bertz CT molecular complexity index is 163. The molecule has 0 aromatic rings. The zero-order valence-electron chi connectivity index (χ0n) is 9.40. The van der Waals surface area contributed by atoms with E-state index in [0.29, 0.717) is 16.4 Å². The van der Waals surface area contributed by atoms with Gasteiger partial charge in [-0.25, -0.2) is 0 Å². The van der Waals surface area contributed by atoms with Crippen molar-refractivity contribution in [2.45, 2.75) is 50.2 Å². The second kappa shape index (κ2) is 6.29. The zero-order chi connectivity index (χ0) is 10.6. The van der Waals surface area contributed by atoms with Crippen LogP contribution >= 0.6 is 23.5 Å². The van der Waals surface area contributed by atoms with Crippen LogP contribution in [0, 0.1) is 5.92 Å². The van der Waals surface area contributed by atoms with Crippen LogP contribution in [0.1, 0.15) is 33.6 Å². The van der Waals surface area contributed by atoms with Crippen LogP contribution in [0.5, 0.6) is 0 Å². The van der Waals surface area contributed by atoms with Crippen LogP contribution in [-0.2, 0) is 0 Å². The number of aliphatic hydroxyl groups is 1. The molecule has 0 spiro atoms. The van der Waals surface area contributed by atoms with Gasteiger partial charge in [0.05, 0.1) is 6.10 Å². The highest BCUT2D eigenvalue weighted by molar-refractivity contribution is 8.07. The molecule has 1 N–H and O–H groups in total. The van der Waals surface area contributed by atoms with Crippen molar-refractivity contribution >= 4 is 23.5 Å². The average molecular weight is 234 g/mol. The lowest BCUT2D eigenvalue weighted by molar-refractivity contribution is 0.109. The molecule has 14 heavy (non-hydrogen) atoms. The van der Waals surface area contributed by atoms with E-state index in [1.54, 1.807) is 0 Å². The number of hydrogen-bond donors (Lipinski definition) is 1. The molecule has 1 heterocycles. The number of aliphatic hydroxyl groups excluding tert-OH is 1. The highest BCUT2D eigenvalue weighted by Crippen LogP contribution is 2.35. The Morgan fingerprint density at radius 2 is 2.00 bits per heavy atom. The third-order valence-corrected chi connectivity index (χ3v) is 6.10. The molecule has 0 aromatic heterocycles. The first-order chi connectivity index (χ1) is 6.66.